The first-order valence-electron chi connectivity index (χ1n) is 7.91. The van der Waals surface area contributed by atoms with Crippen molar-refractivity contribution in [3.05, 3.63) is 42.0 Å². The lowest BCUT2D eigenvalue weighted by Gasteiger charge is -2.07. The zero-order valence-electron chi connectivity index (χ0n) is 13.5. The molecule has 2 aromatic carbocycles. The van der Waals surface area contributed by atoms with E-state index in [0.29, 0.717) is 28.7 Å². The van der Waals surface area contributed by atoms with Crippen molar-refractivity contribution in [1.82, 2.24) is 9.78 Å². The number of aryl methyl sites for hydroxylation is 1. The summed E-state index contributed by atoms with van der Waals surface area (Å²) in [5.41, 5.74) is 0.661. The van der Waals surface area contributed by atoms with Gasteiger partial charge in [-0.25, -0.2) is 0 Å². The minimum Gasteiger partial charge on any atom is -0.504 e. The number of fused-ring (bicyclic) bond motifs is 1. The summed E-state index contributed by atoms with van der Waals surface area (Å²) in [7, 11) is 0. The normalized spacial score (nSPS) is 12.0. The molecule has 3 aromatic rings. The van der Waals surface area contributed by atoms with Crippen molar-refractivity contribution in [2.24, 2.45) is 0 Å². The first-order valence-corrected chi connectivity index (χ1v) is 7.91. The molecule has 0 spiro atoms. The summed E-state index contributed by atoms with van der Waals surface area (Å²) in [6.45, 7) is 2.49. The molecule has 0 atom stereocenters. The van der Waals surface area contributed by atoms with E-state index in [1.807, 2.05) is 6.92 Å². The largest absolute Gasteiger partial charge is 0.504 e. The smallest absolute Gasteiger partial charge is 0.416 e. The van der Waals surface area contributed by atoms with E-state index in [-0.39, 0.29) is 11.5 Å². The molecular formula is C18H17F3N2O2. The quantitative estimate of drug-likeness (QED) is 0.656. The van der Waals surface area contributed by atoms with Gasteiger partial charge in [-0.2, -0.15) is 18.3 Å². The summed E-state index contributed by atoms with van der Waals surface area (Å²) in [6, 6.07) is 7.76. The van der Waals surface area contributed by atoms with Gasteiger partial charge in [0.1, 0.15) is 5.69 Å². The van der Waals surface area contributed by atoms with Crippen LogP contribution in [0.15, 0.2) is 36.4 Å². The Morgan fingerprint density at radius 3 is 2.44 bits per heavy atom. The van der Waals surface area contributed by atoms with Gasteiger partial charge in [0, 0.05) is 17.5 Å². The van der Waals surface area contributed by atoms with Gasteiger partial charge in [-0.15, -0.1) is 0 Å². The molecule has 4 nitrogen and oxygen atoms in total. The second kappa shape index (κ2) is 6.31. The predicted octanol–water partition coefficient (Wildman–Crippen LogP) is 4.93. The number of aromatic hydroxyl groups is 2. The van der Waals surface area contributed by atoms with Gasteiger partial charge in [0.25, 0.3) is 0 Å². The van der Waals surface area contributed by atoms with E-state index in [1.54, 1.807) is 10.7 Å². The molecule has 132 valence electrons. The molecular weight excluding hydrogens is 333 g/mol. The number of halogens is 3. The number of benzene rings is 2. The Bertz CT molecular complexity index is 917. The van der Waals surface area contributed by atoms with Crippen LogP contribution >= 0.6 is 0 Å². The highest BCUT2D eigenvalue weighted by Gasteiger charge is 2.31. The second-order valence-corrected chi connectivity index (χ2v) is 5.86. The Balaban J connectivity index is 2.20. The lowest BCUT2D eigenvalue weighted by Crippen LogP contribution is -2.05. The van der Waals surface area contributed by atoms with Crippen LogP contribution < -0.4 is 0 Å². The first-order chi connectivity index (χ1) is 11.8. The monoisotopic (exact) mass is 350 g/mol. The van der Waals surface area contributed by atoms with Crippen LogP contribution in [0.25, 0.3) is 22.2 Å². The third kappa shape index (κ3) is 3.26. The molecule has 7 heteroatoms. The molecule has 0 bridgehead atoms. The fraction of sp³-hybridized carbons (Fsp3) is 0.278. The van der Waals surface area contributed by atoms with Crippen LogP contribution in [0.4, 0.5) is 13.2 Å². The number of phenolic OH excluding ortho intramolecular Hbond substituents is 2. The van der Waals surface area contributed by atoms with Gasteiger partial charge in [-0.05, 0) is 42.8 Å². The number of alkyl halides is 3. The minimum atomic E-state index is -4.43. The van der Waals surface area contributed by atoms with Gasteiger partial charge in [-0.1, -0.05) is 13.3 Å². The van der Waals surface area contributed by atoms with Gasteiger partial charge in [0.2, 0.25) is 0 Å². The van der Waals surface area contributed by atoms with Gasteiger partial charge < -0.3 is 10.2 Å². The van der Waals surface area contributed by atoms with Crippen LogP contribution in [0, 0.1) is 0 Å². The lowest BCUT2D eigenvalue weighted by atomic mass is 10.1. The van der Waals surface area contributed by atoms with E-state index < -0.39 is 11.7 Å². The number of nitrogens with zero attached hydrogens (tertiary/aromatic N) is 2. The second-order valence-electron chi connectivity index (χ2n) is 5.86. The highest BCUT2D eigenvalue weighted by Crippen LogP contribution is 2.37. The molecule has 25 heavy (non-hydrogen) atoms. The van der Waals surface area contributed by atoms with Crippen molar-refractivity contribution in [3.8, 4) is 22.8 Å². The third-order valence-corrected chi connectivity index (χ3v) is 4.05. The summed E-state index contributed by atoms with van der Waals surface area (Å²) >= 11 is 0. The van der Waals surface area contributed by atoms with Crippen molar-refractivity contribution >= 4 is 10.9 Å². The van der Waals surface area contributed by atoms with Crippen molar-refractivity contribution in [2.45, 2.75) is 32.5 Å². The number of hydrogen-bond acceptors (Lipinski definition) is 3. The Hall–Kier alpha value is -2.70. The zero-order valence-corrected chi connectivity index (χ0v) is 13.5. The zero-order chi connectivity index (χ0) is 18.2. The van der Waals surface area contributed by atoms with Crippen molar-refractivity contribution in [2.75, 3.05) is 0 Å². The topological polar surface area (TPSA) is 58.3 Å². The molecule has 0 fully saturated rings. The molecule has 0 amide bonds. The molecule has 3 rings (SSSR count). The first kappa shape index (κ1) is 17.1. The molecule has 0 aliphatic heterocycles. The van der Waals surface area contributed by atoms with Crippen molar-refractivity contribution in [1.29, 1.82) is 0 Å². The third-order valence-electron chi connectivity index (χ3n) is 4.05. The Labute approximate surface area is 142 Å². The van der Waals surface area contributed by atoms with Crippen LogP contribution in [-0.4, -0.2) is 20.0 Å². The summed E-state index contributed by atoms with van der Waals surface area (Å²) in [5, 5.41) is 24.2. The molecule has 1 heterocycles. The standard InChI is InChI=1S/C18H17F3N2O2/c1-2-3-8-23-14-10-12(18(19,20)21)5-6-13(14)17(22-23)11-4-7-15(24)16(25)9-11/h4-7,9-10,24-25H,2-3,8H2,1H3. The van der Waals surface area contributed by atoms with Gasteiger partial charge in [-0.3, -0.25) is 4.68 Å². The van der Waals surface area contributed by atoms with E-state index in [9.17, 15) is 23.4 Å². The molecule has 1 aromatic heterocycles. The van der Waals surface area contributed by atoms with Gasteiger partial charge in [0.15, 0.2) is 11.5 Å². The molecule has 0 saturated carbocycles. The number of phenols is 2. The van der Waals surface area contributed by atoms with Crippen molar-refractivity contribution in [3.63, 3.8) is 0 Å². The predicted molar refractivity (Wildman–Crippen MR) is 88.4 cm³/mol. The maximum Gasteiger partial charge on any atom is 0.416 e. The lowest BCUT2D eigenvalue weighted by molar-refractivity contribution is -0.137. The fourth-order valence-electron chi connectivity index (χ4n) is 2.71. The Kier molecular flexibility index (Phi) is 4.32. The molecule has 0 unspecified atom stereocenters. The number of unbranched alkanes of at least 4 members (excludes halogenated alkanes) is 1. The van der Waals surface area contributed by atoms with E-state index in [0.717, 1.165) is 25.0 Å². The Morgan fingerprint density at radius 2 is 1.80 bits per heavy atom. The SMILES string of the molecule is CCCCn1nc(-c2ccc(O)c(O)c2)c2ccc(C(F)(F)F)cc21. The average Bonchev–Trinajstić information content (AvgIpc) is 2.92. The molecule has 0 aliphatic carbocycles. The number of hydrogen-bond donors (Lipinski definition) is 2. The van der Waals surface area contributed by atoms with Crippen LogP contribution in [-0.2, 0) is 12.7 Å². The van der Waals surface area contributed by atoms with E-state index in [4.69, 9.17) is 0 Å². The molecule has 0 aliphatic rings. The fourth-order valence-corrected chi connectivity index (χ4v) is 2.71. The van der Waals surface area contributed by atoms with Crippen LogP contribution in [0.3, 0.4) is 0 Å². The van der Waals surface area contributed by atoms with E-state index in [2.05, 4.69) is 5.10 Å². The van der Waals surface area contributed by atoms with Crippen LogP contribution in [0.5, 0.6) is 11.5 Å². The maximum atomic E-state index is 13.0. The van der Waals surface area contributed by atoms with E-state index in [1.165, 1.54) is 18.2 Å². The number of rotatable bonds is 4. The average molecular weight is 350 g/mol. The van der Waals surface area contributed by atoms with Crippen molar-refractivity contribution < 1.29 is 23.4 Å². The molecule has 0 radical (unpaired) electrons. The highest BCUT2D eigenvalue weighted by atomic mass is 19.4. The van der Waals surface area contributed by atoms with E-state index >= 15 is 0 Å². The van der Waals surface area contributed by atoms with Gasteiger partial charge in [0.05, 0.1) is 11.1 Å². The maximum absolute atomic E-state index is 13.0. The summed E-state index contributed by atoms with van der Waals surface area (Å²) in [5.74, 6) is -0.571. The highest BCUT2D eigenvalue weighted by molar-refractivity contribution is 5.94. The summed E-state index contributed by atoms with van der Waals surface area (Å²) in [6.07, 6.45) is -2.76. The summed E-state index contributed by atoms with van der Waals surface area (Å²) < 4.78 is 40.7. The minimum absolute atomic E-state index is 0.266. The van der Waals surface area contributed by atoms with Crippen LogP contribution in [0.2, 0.25) is 0 Å². The number of aromatic nitrogens is 2. The van der Waals surface area contributed by atoms with Gasteiger partial charge >= 0.3 is 6.18 Å². The molecule has 2 N–H and O–H groups in total. The summed E-state index contributed by atoms with van der Waals surface area (Å²) in [4.78, 5) is 0. The Morgan fingerprint density at radius 1 is 1.04 bits per heavy atom. The molecule has 0 saturated heterocycles. The van der Waals surface area contributed by atoms with Crippen LogP contribution in [0.1, 0.15) is 25.3 Å².